The number of rotatable bonds is 3. The van der Waals surface area contributed by atoms with Crippen molar-refractivity contribution in [1.29, 1.82) is 0 Å². The number of hydrogen-bond acceptors (Lipinski definition) is 3. The fourth-order valence-electron chi connectivity index (χ4n) is 1.41. The smallest absolute Gasteiger partial charge is 0.0637 e. The van der Waals surface area contributed by atoms with Crippen LogP contribution in [0.25, 0.3) is 10.1 Å². The Bertz CT molecular complexity index is 465. The Balaban J connectivity index is 2.32. The second-order valence-corrected chi connectivity index (χ2v) is 5.08. The Morgan fingerprint density at radius 1 is 1.33 bits per heavy atom. The number of fused-ring (bicyclic) bond motifs is 1. The molecule has 4 heteroatoms. The Morgan fingerprint density at radius 3 is 2.73 bits per heavy atom. The van der Waals surface area contributed by atoms with E-state index >= 15 is 0 Å². The molecule has 0 saturated heterocycles. The van der Waals surface area contributed by atoms with Crippen LogP contribution in [0.4, 0.5) is 0 Å². The van der Waals surface area contributed by atoms with Gasteiger partial charge in [-0.25, -0.2) is 0 Å². The van der Waals surface area contributed by atoms with Crippen molar-refractivity contribution in [3.8, 4) is 0 Å². The lowest BCUT2D eigenvalue weighted by molar-refractivity contribution is 0.287. The van der Waals surface area contributed by atoms with Crippen LogP contribution in [-0.4, -0.2) is 19.1 Å². The van der Waals surface area contributed by atoms with E-state index in [1.54, 1.807) is 11.3 Å². The SMILES string of the molecule is CN(C)NCc1sc2ccccc2c1Cl. The molecule has 0 atom stereocenters. The second-order valence-electron chi connectivity index (χ2n) is 3.56. The van der Waals surface area contributed by atoms with Gasteiger partial charge in [0.15, 0.2) is 0 Å². The lowest BCUT2D eigenvalue weighted by Gasteiger charge is -2.10. The Kier molecular flexibility index (Phi) is 3.26. The lowest BCUT2D eigenvalue weighted by Crippen LogP contribution is -2.29. The normalized spacial score (nSPS) is 11.5. The molecule has 0 radical (unpaired) electrons. The van der Waals surface area contributed by atoms with Gasteiger partial charge in [-0.15, -0.1) is 11.3 Å². The van der Waals surface area contributed by atoms with Crippen LogP contribution in [0.15, 0.2) is 24.3 Å². The van der Waals surface area contributed by atoms with Crippen LogP contribution in [0.5, 0.6) is 0 Å². The summed E-state index contributed by atoms with van der Waals surface area (Å²) >= 11 is 8.04. The molecular weight excluding hydrogens is 228 g/mol. The van der Waals surface area contributed by atoms with Gasteiger partial charge in [-0.05, 0) is 6.07 Å². The summed E-state index contributed by atoms with van der Waals surface area (Å²) in [5.41, 5.74) is 3.22. The van der Waals surface area contributed by atoms with Gasteiger partial charge in [0.25, 0.3) is 0 Å². The molecule has 0 aliphatic carbocycles. The Labute approximate surface area is 98.4 Å². The van der Waals surface area contributed by atoms with Gasteiger partial charge in [-0.2, -0.15) is 0 Å². The zero-order chi connectivity index (χ0) is 10.8. The fourth-order valence-corrected chi connectivity index (χ4v) is 2.84. The van der Waals surface area contributed by atoms with Gasteiger partial charge < -0.3 is 0 Å². The van der Waals surface area contributed by atoms with Gasteiger partial charge in [0.2, 0.25) is 0 Å². The molecule has 0 fully saturated rings. The highest BCUT2D eigenvalue weighted by atomic mass is 35.5. The highest BCUT2D eigenvalue weighted by Gasteiger charge is 2.08. The maximum absolute atomic E-state index is 6.29. The molecule has 1 N–H and O–H groups in total. The molecule has 1 aromatic carbocycles. The molecule has 1 heterocycles. The van der Waals surface area contributed by atoms with Crippen molar-refractivity contribution in [3.63, 3.8) is 0 Å². The summed E-state index contributed by atoms with van der Waals surface area (Å²) in [6, 6.07) is 8.22. The first-order valence-electron chi connectivity index (χ1n) is 4.75. The molecule has 1 aromatic heterocycles. The monoisotopic (exact) mass is 240 g/mol. The average molecular weight is 241 g/mol. The van der Waals surface area contributed by atoms with Crippen LogP contribution >= 0.6 is 22.9 Å². The predicted molar refractivity (Wildman–Crippen MR) is 67.4 cm³/mol. The van der Waals surface area contributed by atoms with Gasteiger partial charge in [0.1, 0.15) is 0 Å². The van der Waals surface area contributed by atoms with E-state index in [-0.39, 0.29) is 0 Å². The molecule has 2 rings (SSSR count). The van der Waals surface area contributed by atoms with E-state index in [1.165, 1.54) is 9.58 Å². The highest BCUT2D eigenvalue weighted by Crippen LogP contribution is 2.34. The first kappa shape index (κ1) is 10.9. The van der Waals surface area contributed by atoms with Crippen LogP contribution in [0.1, 0.15) is 4.88 Å². The number of hydrazine groups is 1. The van der Waals surface area contributed by atoms with Crippen molar-refractivity contribution < 1.29 is 0 Å². The Morgan fingerprint density at radius 2 is 2.07 bits per heavy atom. The predicted octanol–water partition coefficient (Wildman–Crippen LogP) is 3.12. The molecule has 0 spiro atoms. The van der Waals surface area contributed by atoms with Crippen molar-refractivity contribution in [1.82, 2.24) is 10.4 Å². The van der Waals surface area contributed by atoms with E-state index in [1.807, 2.05) is 31.2 Å². The van der Waals surface area contributed by atoms with E-state index in [0.29, 0.717) is 0 Å². The minimum absolute atomic E-state index is 0.783. The fraction of sp³-hybridized carbons (Fsp3) is 0.273. The number of halogens is 1. The van der Waals surface area contributed by atoms with Gasteiger partial charge in [-0.3, -0.25) is 10.4 Å². The highest BCUT2D eigenvalue weighted by molar-refractivity contribution is 7.19. The summed E-state index contributed by atoms with van der Waals surface area (Å²) in [5, 5.41) is 3.96. The van der Waals surface area contributed by atoms with Crippen molar-refractivity contribution in [2.75, 3.05) is 14.1 Å². The molecule has 0 saturated carbocycles. The number of nitrogens with one attached hydrogen (secondary N) is 1. The van der Waals surface area contributed by atoms with Crippen LogP contribution in [-0.2, 0) is 6.54 Å². The first-order chi connectivity index (χ1) is 7.18. The van der Waals surface area contributed by atoms with Gasteiger partial charge in [-0.1, -0.05) is 29.8 Å². The van der Waals surface area contributed by atoms with Crippen molar-refractivity contribution in [2.24, 2.45) is 0 Å². The average Bonchev–Trinajstić information content (AvgIpc) is 2.54. The number of nitrogens with zero attached hydrogens (tertiary/aromatic N) is 1. The molecule has 0 bridgehead atoms. The van der Waals surface area contributed by atoms with Crippen molar-refractivity contribution in [3.05, 3.63) is 34.2 Å². The maximum Gasteiger partial charge on any atom is 0.0637 e. The summed E-state index contributed by atoms with van der Waals surface area (Å²) in [6.45, 7) is 0.783. The van der Waals surface area contributed by atoms with Crippen molar-refractivity contribution in [2.45, 2.75) is 6.54 Å². The standard InChI is InChI=1S/C11H13ClN2S/c1-14(2)13-7-10-11(12)8-5-3-4-6-9(8)15-10/h3-6,13H,7H2,1-2H3. The van der Waals surface area contributed by atoms with Gasteiger partial charge in [0.05, 0.1) is 5.02 Å². The van der Waals surface area contributed by atoms with E-state index in [2.05, 4.69) is 17.6 Å². The molecular formula is C11H13ClN2S. The van der Waals surface area contributed by atoms with Gasteiger partial charge >= 0.3 is 0 Å². The largest absolute Gasteiger partial charge is 0.250 e. The molecule has 2 aromatic rings. The molecule has 2 nitrogen and oxygen atoms in total. The minimum atomic E-state index is 0.783. The van der Waals surface area contributed by atoms with E-state index < -0.39 is 0 Å². The topological polar surface area (TPSA) is 15.3 Å². The third-order valence-electron chi connectivity index (χ3n) is 2.16. The Hall–Kier alpha value is -0.610. The summed E-state index contributed by atoms with van der Waals surface area (Å²) in [5.74, 6) is 0. The van der Waals surface area contributed by atoms with Crippen LogP contribution in [0.2, 0.25) is 5.02 Å². The van der Waals surface area contributed by atoms with E-state index in [4.69, 9.17) is 11.6 Å². The molecule has 0 aliphatic rings. The maximum atomic E-state index is 6.29. The van der Waals surface area contributed by atoms with E-state index in [0.717, 1.165) is 17.0 Å². The number of benzene rings is 1. The molecule has 15 heavy (non-hydrogen) atoms. The minimum Gasteiger partial charge on any atom is -0.250 e. The molecule has 80 valence electrons. The van der Waals surface area contributed by atoms with Crippen LogP contribution in [0, 0.1) is 0 Å². The number of hydrogen-bond donors (Lipinski definition) is 1. The van der Waals surface area contributed by atoms with Crippen LogP contribution < -0.4 is 5.43 Å². The quantitative estimate of drug-likeness (QED) is 0.830. The molecule has 0 amide bonds. The third-order valence-corrected chi connectivity index (χ3v) is 3.87. The second kappa shape index (κ2) is 4.49. The van der Waals surface area contributed by atoms with Gasteiger partial charge in [0, 0.05) is 35.6 Å². The molecule has 0 aliphatic heterocycles. The van der Waals surface area contributed by atoms with Crippen molar-refractivity contribution >= 4 is 33.0 Å². The summed E-state index contributed by atoms with van der Waals surface area (Å²) < 4.78 is 1.25. The third kappa shape index (κ3) is 2.32. The molecule has 0 unspecified atom stereocenters. The first-order valence-corrected chi connectivity index (χ1v) is 5.94. The lowest BCUT2D eigenvalue weighted by atomic mass is 10.2. The van der Waals surface area contributed by atoms with E-state index in [9.17, 15) is 0 Å². The summed E-state index contributed by atoms with van der Waals surface area (Å²) in [4.78, 5) is 1.19. The summed E-state index contributed by atoms with van der Waals surface area (Å²) in [6.07, 6.45) is 0. The van der Waals surface area contributed by atoms with Crippen LogP contribution in [0.3, 0.4) is 0 Å². The zero-order valence-electron chi connectivity index (χ0n) is 8.75. The zero-order valence-corrected chi connectivity index (χ0v) is 10.3. The number of thiophene rings is 1. The summed E-state index contributed by atoms with van der Waals surface area (Å²) in [7, 11) is 3.95.